The number of carbonyl (C=O) groups is 1. The Hall–Kier alpha value is -2.54. The summed E-state index contributed by atoms with van der Waals surface area (Å²) in [5.74, 6) is 0.250. The number of nitrogens with one attached hydrogen (secondary N) is 1. The number of amides is 1. The Morgan fingerprint density at radius 2 is 1.89 bits per heavy atom. The second-order valence-corrected chi connectivity index (χ2v) is 7.09. The van der Waals surface area contributed by atoms with Gasteiger partial charge in [0, 0.05) is 18.6 Å². The SMILES string of the molecule is O=C(NC[C@H]1Cc2cccc(-c3ccccc3C(F)(F)F)c2O1)[C@@H]1CCOC1. The van der Waals surface area contributed by atoms with Crippen LogP contribution < -0.4 is 10.1 Å². The molecule has 0 aromatic heterocycles. The van der Waals surface area contributed by atoms with Crippen LogP contribution in [0, 0.1) is 5.92 Å². The predicted molar refractivity (Wildman–Crippen MR) is 96.9 cm³/mol. The summed E-state index contributed by atoms with van der Waals surface area (Å²) in [7, 11) is 0. The van der Waals surface area contributed by atoms with Crippen LogP contribution in [0.15, 0.2) is 42.5 Å². The summed E-state index contributed by atoms with van der Waals surface area (Å²) < 4.78 is 51.4. The van der Waals surface area contributed by atoms with Gasteiger partial charge in [-0.15, -0.1) is 0 Å². The second-order valence-electron chi connectivity index (χ2n) is 7.09. The van der Waals surface area contributed by atoms with Crippen molar-refractivity contribution >= 4 is 5.91 Å². The molecule has 0 radical (unpaired) electrons. The van der Waals surface area contributed by atoms with Crippen molar-refractivity contribution in [2.24, 2.45) is 5.92 Å². The molecule has 1 N–H and O–H groups in total. The van der Waals surface area contributed by atoms with Crippen LogP contribution in [0.3, 0.4) is 0 Å². The smallest absolute Gasteiger partial charge is 0.417 e. The van der Waals surface area contributed by atoms with Crippen molar-refractivity contribution in [2.45, 2.75) is 25.1 Å². The third-order valence-electron chi connectivity index (χ3n) is 5.16. The standard InChI is InChI=1S/C21H20F3NO3/c22-21(23,24)18-7-2-1-5-16(18)17-6-3-4-13-10-15(28-19(13)17)11-25-20(26)14-8-9-27-12-14/h1-7,14-15H,8-12H2,(H,25,26)/t14-,15-/m1/s1. The van der Waals surface area contributed by atoms with E-state index in [9.17, 15) is 18.0 Å². The molecule has 7 heteroatoms. The van der Waals surface area contributed by atoms with Gasteiger partial charge in [-0.3, -0.25) is 4.79 Å². The molecule has 0 bridgehead atoms. The minimum Gasteiger partial charge on any atom is -0.487 e. The molecule has 0 aliphatic carbocycles. The Balaban J connectivity index is 1.53. The average molecular weight is 391 g/mol. The lowest BCUT2D eigenvalue weighted by molar-refractivity contribution is -0.137. The number of hydrogen-bond acceptors (Lipinski definition) is 3. The topological polar surface area (TPSA) is 47.6 Å². The van der Waals surface area contributed by atoms with Crippen molar-refractivity contribution in [1.82, 2.24) is 5.32 Å². The molecular formula is C21H20F3NO3. The van der Waals surface area contributed by atoms with Crippen molar-refractivity contribution in [3.05, 3.63) is 53.6 Å². The minimum absolute atomic E-state index is 0.0697. The Morgan fingerprint density at radius 3 is 2.64 bits per heavy atom. The van der Waals surface area contributed by atoms with E-state index in [-0.39, 0.29) is 23.5 Å². The molecule has 2 aliphatic rings. The fourth-order valence-electron chi connectivity index (χ4n) is 3.73. The number of alkyl halides is 3. The van der Waals surface area contributed by atoms with Crippen LogP contribution in [0.2, 0.25) is 0 Å². The van der Waals surface area contributed by atoms with Gasteiger partial charge in [-0.1, -0.05) is 36.4 Å². The molecule has 1 saturated heterocycles. The van der Waals surface area contributed by atoms with Gasteiger partial charge in [-0.05, 0) is 23.6 Å². The number of hydrogen-bond donors (Lipinski definition) is 1. The van der Waals surface area contributed by atoms with E-state index in [0.29, 0.717) is 43.9 Å². The van der Waals surface area contributed by atoms with E-state index < -0.39 is 11.7 Å². The largest absolute Gasteiger partial charge is 0.487 e. The first-order valence-electron chi connectivity index (χ1n) is 9.24. The van der Waals surface area contributed by atoms with Crippen molar-refractivity contribution < 1.29 is 27.4 Å². The number of benzene rings is 2. The molecule has 0 saturated carbocycles. The zero-order valence-corrected chi connectivity index (χ0v) is 15.1. The molecule has 2 heterocycles. The van der Waals surface area contributed by atoms with E-state index in [1.807, 2.05) is 6.07 Å². The lowest BCUT2D eigenvalue weighted by Gasteiger charge is -2.17. The van der Waals surface area contributed by atoms with Crippen LogP contribution in [0.1, 0.15) is 17.5 Å². The molecule has 1 amide bonds. The predicted octanol–water partition coefficient (Wildman–Crippen LogP) is 3.83. The van der Waals surface area contributed by atoms with Crippen LogP contribution in [0.25, 0.3) is 11.1 Å². The first kappa shape index (κ1) is 18.8. The molecular weight excluding hydrogens is 371 g/mol. The van der Waals surface area contributed by atoms with Gasteiger partial charge < -0.3 is 14.8 Å². The first-order valence-corrected chi connectivity index (χ1v) is 9.24. The molecule has 2 aromatic carbocycles. The summed E-state index contributed by atoms with van der Waals surface area (Å²) in [5.41, 5.74) is 0.672. The monoisotopic (exact) mass is 391 g/mol. The van der Waals surface area contributed by atoms with Gasteiger partial charge in [0.1, 0.15) is 11.9 Å². The number of halogens is 3. The molecule has 2 aromatic rings. The normalized spacial score (nSPS) is 21.2. The number of carbonyl (C=O) groups excluding carboxylic acids is 1. The molecule has 4 rings (SSSR count). The molecule has 1 fully saturated rings. The Labute approximate surface area is 160 Å². The van der Waals surface area contributed by atoms with E-state index in [1.54, 1.807) is 18.2 Å². The van der Waals surface area contributed by atoms with E-state index in [4.69, 9.17) is 9.47 Å². The molecule has 0 spiro atoms. The van der Waals surface area contributed by atoms with Crippen LogP contribution in [0.5, 0.6) is 5.75 Å². The highest BCUT2D eigenvalue weighted by Gasteiger charge is 2.35. The summed E-state index contributed by atoms with van der Waals surface area (Å²) >= 11 is 0. The highest BCUT2D eigenvalue weighted by atomic mass is 19.4. The van der Waals surface area contributed by atoms with Crippen LogP contribution >= 0.6 is 0 Å². The highest BCUT2D eigenvalue weighted by Crippen LogP contribution is 2.43. The average Bonchev–Trinajstić information content (AvgIpc) is 3.34. The van der Waals surface area contributed by atoms with Gasteiger partial charge in [0.25, 0.3) is 0 Å². The van der Waals surface area contributed by atoms with Gasteiger partial charge >= 0.3 is 6.18 Å². The molecule has 2 aliphatic heterocycles. The summed E-state index contributed by atoms with van der Waals surface area (Å²) in [6.07, 6.45) is -3.51. The van der Waals surface area contributed by atoms with Crippen LogP contribution in [0.4, 0.5) is 13.2 Å². The van der Waals surface area contributed by atoms with E-state index >= 15 is 0 Å². The Kier molecular flexibility index (Phi) is 5.02. The third kappa shape index (κ3) is 3.71. The Bertz CT molecular complexity index is 875. The second kappa shape index (κ2) is 7.47. The number of fused-ring (bicyclic) bond motifs is 1. The van der Waals surface area contributed by atoms with Crippen LogP contribution in [-0.4, -0.2) is 31.8 Å². The van der Waals surface area contributed by atoms with Gasteiger partial charge in [-0.2, -0.15) is 13.2 Å². The van der Waals surface area contributed by atoms with Gasteiger partial charge in [0.05, 0.1) is 24.6 Å². The molecule has 28 heavy (non-hydrogen) atoms. The number of ether oxygens (including phenoxy) is 2. The summed E-state index contributed by atoms with van der Waals surface area (Å²) in [6, 6.07) is 10.7. The molecule has 0 unspecified atom stereocenters. The maximum atomic E-state index is 13.4. The molecule has 2 atom stereocenters. The molecule has 4 nitrogen and oxygen atoms in total. The van der Waals surface area contributed by atoms with Crippen molar-refractivity contribution in [2.75, 3.05) is 19.8 Å². The number of para-hydroxylation sites is 1. The van der Waals surface area contributed by atoms with Gasteiger partial charge in [0.15, 0.2) is 0 Å². The van der Waals surface area contributed by atoms with E-state index in [2.05, 4.69) is 5.32 Å². The Morgan fingerprint density at radius 1 is 1.11 bits per heavy atom. The zero-order valence-electron chi connectivity index (χ0n) is 15.1. The first-order chi connectivity index (χ1) is 13.4. The summed E-state index contributed by atoms with van der Waals surface area (Å²) in [5, 5.41) is 2.87. The van der Waals surface area contributed by atoms with Crippen molar-refractivity contribution in [1.29, 1.82) is 0 Å². The van der Waals surface area contributed by atoms with E-state index in [0.717, 1.165) is 11.6 Å². The molecule has 148 valence electrons. The lowest BCUT2D eigenvalue weighted by atomic mass is 9.96. The summed E-state index contributed by atoms with van der Waals surface area (Å²) in [6.45, 7) is 1.33. The maximum absolute atomic E-state index is 13.4. The van der Waals surface area contributed by atoms with Crippen molar-refractivity contribution in [3.8, 4) is 16.9 Å². The van der Waals surface area contributed by atoms with Crippen LogP contribution in [-0.2, 0) is 22.1 Å². The number of rotatable bonds is 4. The van der Waals surface area contributed by atoms with Crippen molar-refractivity contribution in [3.63, 3.8) is 0 Å². The maximum Gasteiger partial charge on any atom is 0.417 e. The summed E-state index contributed by atoms with van der Waals surface area (Å²) in [4.78, 5) is 12.1. The fraction of sp³-hybridized carbons (Fsp3) is 0.381. The van der Waals surface area contributed by atoms with E-state index in [1.165, 1.54) is 12.1 Å². The fourth-order valence-corrected chi connectivity index (χ4v) is 3.73. The highest BCUT2D eigenvalue weighted by molar-refractivity contribution is 5.79. The minimum atomic E-state index is -4.45. The van der Waals surface area contributed by atoms with Gasteiger partial charge in [0.2, 0.25) is 5.91 Å². The zero-order chi connectivity index (χ0) is 19.7. The third-order valence-corrected chi connectivity index (χ3v) is 5.16. The van der Waals surface area contributed by atoms with Gasteiger partial charge in [-0.25, -0.2) is 0 Å². The lowest BCUT2D eigenvalue weighted by Crippen LogP contribution is -2.38. The quantitative estimate of drug-likeness (QED) is 0.862.